The van der Waals surface area contributed by atoms with Crippen LogP contribution in [0.25, 0.3) is 0 Å². The molecule has 0 saturated heterocycles. The van der Waals surface area contributed by atoms with Crippen molar-refractivity contribution in [3.63, 3.8) is 0 Å². The molecule has 1 aromatic carbocycles. The number of aromatic nitrogens is 1. The minimum atomic E-state index is -4.02. The monoisotopic (exact) mass is 338 g/mol. The first-order valence-corrected chi connectivity index (χ1v) is 8.32. The summed E-state index contributed by atoms with van der Waals surface area (Å²) in [4.78, 5) is 3.72. The van der Waals surface area contributed by atoms with E-state index in [4.69, 9.17) is 9.76 Å². The van der Waals surface area contributed by atoms with Gasteiger partial charge in [0, 0.05) is 12.4 Å². The highest BCUT2D eigenvalue weighted by Crippen LogP contribution is 2.08. The van der Waals surface area contributed by atoms with Crippen LogP contribution in [0.3, 0.4) is 0 Å². The average Bonchev–Trinajstić information content (AvgIpc) is 2.56. The second-order valence-corrected chi connectivity index (χ2v) is 5.92. The Bertz CT molecular complexity index is 642. The highest BCUT2D eigenvalue weighted by molar-refractivity contribution is 7.85. The molecule has 126 valence electrons. The van der Waals surface area contributed by atoms with Crippen molar-refractivity contribution in [2.45, 2.75) is 32.1 Å². The Morgan fingerprint density at radius 1 is 1.13 bits per heavy atom. The van der Waals surface area contributed by atoms with Gasteiger partial charge in [0.15, 0.2) is 0 Å². The standard InChI is InChI=1S/C7H8O3S.C5H5N.C4H9NO/c1-6-2-4-7(5-3-6)11(8,9)10;1-2-4-6-5-3-1;1-3-4(2)5-6/h2-5H,1H3,(H,8,9,10);1-5H;6H,3H2,1-2H3/b;;5-4+. The summed E-state index contributed by atoms with van der Waals surface area (Å²) in [7, 11) is -4.02. The van der Waals surface area contributed by atoms with Crippen LogP contribution < -0.4 is 0 Å². The Kier molecular flexibility index (Phi) is 10.2. The van der Waals surface area contributed by atoms with Crippen molar-refractivity contribution in [2.24, 2.45) is 5.16 Å². The van der Waals surface area contributed by atoms with Gasteiger partial charge >= 0.3 is 0 Å². The normalized spacial score (nSPS) is 10.7. The topological polar surface area (TPSA) is 99.9 Å². The first-order valence-electron chi connectivity index (χ1n) is 6.88. The van der Waals surface area contributed by atoms with Crippen LogP contribution >= 0.6 is 0 Å². The van der Waals surface area contributed by atoms with E-state index >= 15 is 0 Å². The zero-order valence-corrected chi connectivity index (χ0v) is 14.2. The summed E-state index contributed by atoms with van der Waals surface area (Å²) in [6.45, 7) is 5.56. The van der Waals surface area contributed by atoms with Gasteiger partial charge in [0.1, 0.15) is 0 Å². The smallest absolute Gasteiger partial charge is 0.294 e. The third-order valence-corrected chi connectivity index (χ3v) is 3.44. The Hall–Kier alpha value is -2.25. The number of benzene rings is 1. The third kappa shape index (κ3) is 11.0. The third-order valence-electron chi connectivity index (χ3n) is 2.57. The van der Waals surface area contributed by atoms with E-state index in [1.54, 1.807) is 31.5 Å². The fraction of sp³-hybridized carbons (Fsp3) is 0.250. The van der Waals surface area contributed by atoms with Gasteiger partial charge in [-0.2, -0.15) is 8.42 Å². The van der Waals surface area contributed by atoms with Crippen molar-refractivity contribution in [1.82, 2.24) is 4.98 Å². The largest absolute Gasteiger partial charge is 0.411 e. The van der Waals surface area contributed by atoms with Crippen LogP contribution in [0.5, 0.6) is 0 Å². The van der Waals surface area contributed by atoms with E-state index in [0.29, 0.717) is 0 Å². The molecule has 23 heavy (non-hydrogen) atoms. The molecule has 0 bridgehead atoms. The van der Waals surface area contributed by atoms with Crippen LogP contribution in [0.4, 0.5) is 0 Å². The van der Waals surface area contributed by atoms with Crippen LogP contribution in [0, 0.1) is 6.92 Å². The van der Waals surface area contributed by atoms with E-state index in [2.05, 4.69) is 10.1 Å². The number of rotatable bonds is 2. The van der Waals surface area contributed by atoms with Gasteiger partial charge in [-0.3, -0.25) is 9.54 Å². The first-order chi connectivity index (χ1) is 10.8. The van der Waals surface area contributed by atoms with Crippen molar-refractivity contribution in [2.75, 3.05) is 0 Å². The van der Waals surface area contributed by atoms with Gasteiger partial charge in [-0.25, -0.2) is 0 Å². The summed E-state index contributed by atoms with van der Waals surface area (Å²) >= 11 is 0. The molecule has 0 spiro atoms. The summed E-state index contributed by atoms with van der Waals surface area (Å²) in [6.07, 6.45) is 4.33. The SMILES string of the molecule is CC/C(C)=N/O.Cc1ccc(S(=O)(=O)O)cc1.c1ccncc1. The van der Waals surface area contributed by atoms with Crippen molar-refractivity contribution in [1.29, 1.82) is 0 Å². The van der Waals surface area contributed by atoms with E-state index in [1.807, 2.05) is 32.0 Å². The molecular formula is C16H22N2O4S. The Labute approximate surface area is 137 Å². The number of aryl methyl sites for hydroxylation is 1. The van der Waals surface area contributed by atoms with Gasteiger partial charge in [-0.05, 0) is 44.5 Å². The molecule has 6 nitrogen and oxygen atoms in total. The predicted molar refractivity (Wildman–Crippen MR) is 90.4 cm³/mol. The summed E-state index contributed by atoms with van der Waals surface area (Å²) in [5.41, 5.74) is 1.73. The lowest BCUT2D eigenvalue weighted by Gasteiger charge is -1.95. The van der Waals surface area contributed by atoms with Crippen molar-refractivity contribution in [3.05, 3.63) is 60.4 Å². The lowest BCUT2D eigenvalue weighted by atomic mass is 10.2. The van der Waals surface area contributed by atoms with Crippen LogP contribution in [0.2, 0.25) is 0 Å². The zero-order chi connectivity index (χ0) is 17.7. The molecule has 0 aliphatic carbocycles. The fourth-order valence-electron chi connectivity index (χ4n) is 1.09. The second kappa shape index (κ2) is 11.3. The summed E-state index contributed by atoms with van der Waals surface area (Å²) < 4.78 is 29.6. The van der Waals surface area contributed by atoms with Gasteiger partial charge < -0.3 is 5.21 Å². The van der Waals surface area contributed by atoms with E-state index < -0.39 is 10.1 Å². The van der Waals surface area contributed by atoms with Gasteiger partial charge in [0.05, 0.1) is 10.6 Å². The molecule has 0 unspecified atom stereocenters. The maximum absolute atomic E-state index is 10.5. The van der Waals surface area contributed by atoms with Crippen molar-refractivity contribution >= 4 is 15.8 Å². The second-order valence-electron chi connectivity index (χ2n) is 4.50. The maximum atomic E-state index is 10.5. The zero-order valence-electron chi connectivity index (χ0n) is 13.4. The molecule has 0 amide bonds. The van der Waals surface area contributed by atoms with Crippen molar-refractivity contribution in [3.8, 4) is 0 Å². The Morgan fingerprint density at radius 2 is 1.65 bits per heavy atom. The van der Waals surface area contributed by atoms with Gasteiger partial charge in [-0.15, -0.1) is 0 Å². The molecule has 0 saturated carbocycles. The summed E-state index contributed by atoms with van der Waals surface area (Å²) in [6, 6.07) is 11.7. The average molecular weight is 338 g/mol. The Morgan fingerprint density at radius 3 is 1.87 bits per heavy atom. The number of nitrogens with zero attached hydrogens (tertiary/aromatic N) is 2. The molecule has 7 heteroatoms. The van der Waals surface area contributed by atoms with Crippen LogP contribution in [-0.4, -0.2) is 28.9 Å². The van der Waals surface area contributed by atoms with E-state index in [0.717, 1.165) is 17.7 Å². The lowest BCUT2D eigenvalue weighted by Crippen LogP contribution is -1.96. The van der Waals surface area contributed by atoms with Gasteiger partial charge in [0.2, 0.25) is 0 Å². The van der Waals surface area contributed by atoms with Crippen LogP contribution in [0.1, 0.15) is 25.8 Å². The van der Waals surface area contributed by atoms with Crippen molar-refractivity contribution < 1.29 is 18.2 Å². The number of pyridine rings is 1. The summed E-state index contributed by atoms with van der Waals surface area (Å²) in [5, 5.41) is 10.8. The molecule has 2 N–H and O–H groups in total. The predicted octanol–water partition coefficient (Wildman–Crippen LogP) is 3.57. The van der Waals surface area contributed by atoms with E-state index in [1.165, 1.54) is 12.1 Å². The van der Waals surface area contributed by atoms with Crippen LogP contribution in [0.15, 0.2) is 64.9 Å². The minimum absolute atomic E-state index is 0.0666. The number of oxime groups is 1. The molecule has 1 aromatic heterocycles. The molecular weight excluding hydrogens is 316 g/mol. The number of hydrogen-bond acceptors (Lipinski definition) is 5. The van der Waals surface area contributed by atoms with Crippen LogP contribution in [-0.2, 0) is 10.1 Å². The quantitative estimate of drug-likeness (QED) is 0.377. The molecule has 0 radical (unpaired) electrons. The maximum Gasteiger partial charge on any atom is 0.294 e. The van der Waals surface area contributed by atoms with Gasteiger partial charge in [-0.1, -0.05) is 35.8 Å². The highest BCUT2D eigenvalue weighted by atomic mass is 32.2. The number of hydrogen-bond donors (Lipinski definition) is 2. The highest BCUT2D eigenvalue weighted by Gasteiger charge is 2.06. The minimum Gasteiger partial charge on any atom is -0.411 e. The molecule has 2 rings (SSSR count). The molecule has 1 heterocycles. The molecule has 0 atom stereocenters. The molecule has 0 aliphatic rings. The van der Waals surface area contributed by atoms with E-state index in [9.17, 15) is 8.42 Å². The first kappa shape index (κ1) is 20.8. The lowest BCUT2D eigenvalue weighted by molar-refractivity contribution is 0.317. The molecule has 2 aromatic rings. The fourth-order valence-corrected chi connectivity index (χ4v) is 1.57. The molecule has 0 fully saturated rings. The van der Waals surface area contributed by atoms with Gasteiger partial charge in [0.25, 0.3) is 10.1 Å². The summed E-state index contributed by atoms with van der Waals surface area (Å²) in [5.74, 6) is 0. The molecule has 0 aliphatic heterocycles. The Balaban J connectivity index is 0.000000344. The van der Waals surface area contributed by atoms with E-state index in [-0.39, 0.29) is 4.90 Å².